The maximum absolute atomic E-state index is 11.9. The van der Waals surface area contributed by atoms with E-state index in [1.54, 1.807) is 0 Å². The van der Waals surface area contributed by atoms with Crippen LogP contribution in [0, 0.1) is 33.1 Å². The molecule has 0 N–H and O–H groups in total. The van der Waals surface area contributed by atoms with Gasteiger partial charge in [-0.05, 0) is 74.8 Å². The largest absolute Gasteiger partial charge is 0.469 e. The van der Waals surface area contributed by atoms with Crippen LogP contribution in [0.1, 0.15) is 40.7 Å². The molecule has 2 heteroatoms. The van der Waals surface area contributed by atoms with Gasteiger partial charge in [0.25, 0.3) is 0 Å². The van der Waals surface area contributed by atoms with Crippen LogP contribution in [0.3, 0.4) is 0 Å². The van der Waals surface area contributed by atoms with Crippen LogP contribution in [0.15, 0.2) is 6.07 Å². The molecule has 2 nitrogen and oxygen atoms in total. The van der Waals surface area contributed by atoms with E-state index in [2.05, 4.69) is 33.8 Å². The highest BCUT2D eigenvalue weighted by atomic mass is 16.5. The number of aryl methyl sites for hydroxylation is 2. The minimum atomic E-state index is -0.232. The van der Waals surface area contributed by atoms with Crippen LogP contribution in [0.2, 0.25) is 0 Å². The van der Waals surface area contributed by atoms with Crippen molar-refractivity contribution in [2.75, 3.05) is 7.11 Å². The van der Waals surface area contributed by atoms with Gasteiger partial charge in [-0.15, -0.1) is 0 Å². The zero-order chi connectivity index (χ0) is 13.5. The van der Waals surface area contributed by atoms with Crippen LogP contribution in [-0.4, -0.2) is 13.1 Å². The number of benzene rings is 1. The lowest BCUT2D eigenvalue weighted by molar-refractivity contribution is -0.147. The monoisotopic (exact) mass is 246 g/mol. The quantitative estimate of drug-likeness (QED) is 0.764. The second-order valence-corrected chi connectivity index (χ2v) is 5.69. The van der Waals surface area contributed by atoms with Gasteiger partial charge in [0.1, 0.15) is 0 Å². The van der Waals surface area contributed by atoms with Gasteiger partial charge in [-0.1, -0.05) is 6.07 Å². The van der Waals surface area contributed by atoms with Gasteiger partial charge < -0.3 is 4.74 Å². The molecule has 0 aliphatic heterocycles. The van der Waals surface area contributed by atoms with Gasteiger partial charge in [0.2, 0.25) is 0 Å². The molecule has 1 aliphatic carbocycles. The zero-order valence-electron chi connectivity index (χ0n) is 12.0. The summed E-state index contributed by atoms with van der Waals surface area (Å²) >= 11 is 0. The van der Waals surface area contributed by atoms with Crippen LogP contribution in [0.25, 0.3) is 0 Å². The first-order valence-corrected chi connectivity index (χ1v) is 6.56. The average Bonchev–Trinajstić information content (AvgIpc) is 3.12. The molecule has 18 heavy (non-hydrogen) atoms. The second kappa shape index (κ2) is 4.42. The predicted octanol–water partition coefficient (Wildman–Crippen LogP) is 3.42. The molecule has 0 heterocycles. The summed E-state index contributed by atoms with van der Waals surface area (Å²) in [7, 11) is 1.49. The Morgan fingerprint density at radius 1 is 1.17 bits per heavy atom. The number of methoxy groups -OCH3 is 1. The summed E-state index contributed by atoms with van der Waals surface area (Å²) in [4.78, 5) is 11.9. The van der Waals surface area contributed by atoms with Gasteiger partial charge >= 0.3 is 5.97 Å². The number of hydrogen-bond acceptors (Lipinski definition) is 2. The number of esters is 1. The van der Waals surface area contributed by atoms with Crippen molar-refractivity contribution in [3.63, 3.8) is 0 Å². The number of rotatable bonds is 3. The molecular weight excluding hydrogens is 224 g/mol. The minimum absolute atomic E-state index is 0.0412. The Labute approximate surface area is 109 Å². The van der Waals surface area contributed by atoms with E-state index >= 15 is 0 Å². The van der Waals surface area contributed by atoms with E-state index in [0.717, 1.165) is 19.3 Å². The zero-order valence-corrected chi connectivity index (χ0v) is 12.0. The van der Waals surface area contributed by atoms with Crippen LogP contribution < -0.4 is 0 Å². The molecule has 1 aliphatic rings. The third-order valence-corrected chi connectivity index (χ3v) is 4.51. The molecule has 1 saturated carbocycles. The van der Waals surface area contributed by atoms with Crippen molar-refractivity contribution in [2.45, 2.75) is 47.0 Å². The Hall–Kier alpha value is -1.31. The molecule has 1 aromatic rings. The van der Waals surface area contributed by atoms with Crippen molar-refractivity contribution in [1.29, 1.82) is 0 Å². The van der Waals surface area contributed by atoms with E-state index in [4.69, 9.17) is 4.74 Å². The Morgan fingerprint density at radius 3 is 2.06 bits per heavy atom. The van der Waals surface area contributed by atoms with Crippen LogP contribution in [0.4, 0.5) is 0 Å². The van der Waals surface area contributed by atoms with E-state index in [0.29, 0.717) is 0 Å². The fourth-order valence-corrected chi connectivity index (χ4v) is 2.72. The molecule has 0 atom stereocenters. The van der Waals surface area contributed by atoms with Gasteiger partial charge in [0.15, 0.2) is 0 Å². The van der Waals surface area contributed by atoms with Crippen molar-refractivity contribution >= 4 is 5.97 Å². The number of ether oxygens (including phenoxy) is 1. The van der Waals surface area contributed by atoms with E-state index in [9.17, 15) is 4.79 Å². The fourth-order valence-electron chi connectivity index (χ4n) is 2.72. The maximum Gasteiger partial charge on any atom is 0.312 e. The molecule has 98 valence electrons. The first kappa shape index (κ1) is 13.1. The van der Waals surface area contributed by atoms with Gasteiger partial charge in [0.05, 0.1) is 12.5 Å². The van der Waals surface area contributed by atoms with Crippen molar-refractivity contribution in [2.24, 2.45) is 5.41 Å². The van der Waals surface area contributed by atoms with Crippen molar-refractivity contribution in [3.8, 4) is 0 Å². The third kappa shape index (κ3) is 2.05. The molecule has 0 bridgehead atoms. The van der Waals surface area contributed by atoms with Crippen LogP contribution in [-0.2, 0) is 16.0 Å². The highest BCUT2D eigenvalue weighted by Crippen LogP contribution is 2.50. The molecule has 0 spiro atoms. The minimum Gasteiger partial charge on any atom is -0.469 e. The van der Waals surface area contributed by atoms with Crippen LogP contribution in [0.5, 0.6) is 0 Å². The molecule has 0 saturated heterocycles. The summed E-state index contributed by atoms with van der Waals surface area (Å²) in [6.07, 6.45) is 2.76. The van der Waals surface area contributed by atoms with Gasteiger partial charge in [-0.25, -0.2) is 0 Å². The fraction of sp³-hybridized carbons (Fsp3) is 0.562. The van der Waals surface area contributed by atoms with Crippen LogP contribution >= 0.6 is 0 Å². The van der Waals surface area contributed by atoms with E-state index in [-0.39, 0.29) is 11.4 Å². The molecule has 2 rings (SSSR count). The standard InChI is InChI=1S/C16H22O2/c1-10-8-11(2)13(4)14(12(10)3)9-16(6-7-16)15(17)18-5/h8H,6-7,9H2,1-5H3. The predicted molar refractivity (Wildman–Crippen MR) is 72.8 cm³/mol. The summed E-state index contributed by atoms with van der Waals surface area (Å²) in [5, 5.41) is 0. The van der Waals surface area contributed by atoms with Gasteiger partial charge in [-0.3, -0.25) is 4.79 Å². The summed E-state index contributed by atoms with van der Waals surface area (Å²) < 4.78 is 4.95. The molecule has 0 amide bonds. The SMILES string of the molecule is COC(=O)C1(Cc2c(C)c(C)cc(C)c2C)CC1. The van der Waals surface area contributed by atoms with Crippen molar-refractivity contribution in [3.05, 3.63) is 33.9 Å². The average molecular weight is 246 g/mol. The smallest absolute Gasteiger partial charge is 0.312 e. The highest BCUT2D eigenvalue weighted by molar-refractivity contribution is 5.80. The van der Waals surface area contributed by atoms with E-state index < -0.39 is 0 Å². The first-order chi connectivity index (χ1) is 8.41. The topological polar surface area (TPSA) is 26.3 Å². The van der Waals surface area contributed by atoms with Crippen molar-refractivity contribution in [1.82, 2.24) is 0 Å². The lowest BCUT2D eigenvalue weighted by Crippen LogP contribution is -2.21. The number of carbonyl (C=O) groups is 1. The Kier molecular flexibility index (Phi) is 3.22. The van der Waals surface area contributed by atoms with Gasteiger partial charge in [0, 0.05) is 0 Å². The lowest BCUT2D eigenvalue weighted by Gasteiger charge is -2.19. The summed E-state index contributed by atoms with van der Waals surface area (Å²) in [6, 6.07) is 2.23. The van der Waals surface area contributed by atoms with E-state index in [1.165, 1.54) is 34.9 Å². The molecular formula is C16H22O2. The first-order valence-electron chi connectivity index (χ1n) is 6.56. The molecule has 0 aromatic heterocycles. The Bertz CT molecular complexity index is 470. The number of carbonyl (C=O) groups excluding carboxylic acids is 1. The molecule has 0 radical (unpaired) electrons. The van der Waals surface area contributed by atoms with E-state index in [1.807, 2.05) is 0 Å². The Morgan fingerprint density at radius 2 is 1.67 bits per heavy atom. The van der Waals surface area contributed by atoms with Crippen molar-refractivity contribution < 1.29 is 9.53 Å². The summed E-state index contributed by atoms with van der Waals surface area (Å²) in [5.74, 6) is -0.0412. The normalized spacial score (nSPS) is 16.5. The molecule has 1 fully saturated rings. The summed E-state index contributed by atoms with van der Waals surface area (Å²) in [5.41, 5.74) is 6.39. The summed E-state index contributed by atoms with van der Waals surface area (Å²) in [6.45, 7) is 8.60. The number of hydrogen-bond donors (Lipinski definition) is 0. The van der Waals surface area contributed by atoms with Gasteiger partial charge in [-0.2, -0.15) is 0 Å². The third-order valence-electron chi connectivity index (χ3n) is 4.51. The lowest BCUT2D eigenvalue weighted by atomic mass is 9.86. The highest BCUT2D eigenvalue weighted by Gasteiger charge is 2.51. The Balaban J connectivity index is 2.38. The molecule has 1 aromatic carbocycles. The molecule has 0 unspecified atom stereocenters. The second-order valence-electron chi connectivity index (χ2n) is 5.69. The maximum atomic E-state index is 11.9.